The number of rotatable bonds is 4. The van der Waals surface area contributed by atoms with E-state index < -0.39 is 0 Å². The molecular weight excluding hydrogens is 158 g/mol. The van der Waals surface area contributed by atoms with Crippen molar-refractivity contribution in [2.45, 2.75) is 46.5 Å². The maximum Gasteiger partial charge on any atom is 0.0403 e. The van der Waals surface area contributed by atoms with E-state index in [4.69, 9.17) is 0 Å². The first-order valence-electron chi connectivity index (χ1n) is 5.33. The number of aryl methyl sites for hydroxylation is 1. The molecule has 0 saturated heterocycles. The van der Waals surface area contributed by atoms with Gasteiger partial charge in [0.25, 0.3) is 0 Å². The van der Waals surface area contributed by atoms with Crippen LogP contribution in [0.1, 0.15) is 45.7 Å². The Bertz CT molecular complexity index is 182. The third kappa shape index (κ3) is 6.32. The van der Waals surface area contributed by atoms with E-state index in [-0.39, 0.29) is 0 Å². The Hall–Kier alpha value is -0.850. The Balaban J connectivity index is 0.000000671. The lowest BCUT2D eigenvalue weighted by Crippen LogP contribution is -1.87. The van der Waals surface area contributed by atoms with Gasteiger partial charge in [0.1, 0.15) is 0 Å². The first-order chi connectivity index (χ1) is 6.43. The summed E-state index contributed by atoms with van der Waals surface area (Å²) in [6.45, 7) is 6.22. The summed E-state index contributed by atoms with van der Waals surface area (Å²) in [4.78, 5) is 4.25. The highest BCUT2D eigenvalue weighted by atomic mass is 14.7. The first kappa shape index (κ1) is 12.2. The van der Waals surface area contributed by atoms with Gasteiger partial charge in [-0.25, -0.2) is 0 Å². The quantitative estimate of drug-likeness (QED) is 0.640. The van der Waals surface area contributed by atoms with Crippen LogP contribution in [0, 0.1) is 0 Å². The van der Waals surface area contributed by atoms with E-state index in [0.717, 1.165) is 6.42 Å². The first-order valence-corrected chi connectivity index (χ1v) is 5.33. The van der Waals surface area contributed by atoms with Crippen LogP contribution in [-0.2, 0) is 6.42 Å². The molecule has 1 heterocycles. The molecule has 0 amide bonds. The number of pyridine rings is 1. The van der Waals surface area contributed by atoms with E-state index >= 15 is 0 Å². The molecule has 0 unspecified atom stereocenters. The SMILES string of the molecule is CC.CCCCCc1ccccn1. The molecule has 0 aromatic carbocycles. The molecule has 1 nitrogen and oxygen atoms in total. The van der Waals surface area contributed by atoms with Crippen molar-refractivity contribution in [3.63, 3.8) is 0 Å². The van der Waals surface area contributed by atoms with Crippen LogP contribution in [0.4, 0.5) is 0 Å². The van der Waals surface area contributed by atoms with E-state index in [0.29, 0.717) is 0 Å². The Morgan fingerprint density at radius 2 is 1.92 bits per heavy atom. The van der Waals surface area contributed by atoms with Gasteiger partial charge in [-0.3, -0.25) is 4.98 Å². The number of aromatic nitrogens is 1. The smallest absolute Gasteiger partial charge is 0.0403 e. The Morgan fingerprint density at radius 1 is 1.15 bits per heavy atom. The van der Waals surface area contributed by atoms with E-state index in [1.54, 1.807) is 0 Å². The molecule has 0 saturated carbocycles. The standard InChI is InChI=1S/C10H15N.C2H6/c1-2-3-4-7-10-8-5-6-9-11-10;1-2/h5-6,8-9H,2-4,7H2,1H3;1-2H3. The van der Waals surface area contributed by atoms with Crippen LogP contribution in [0.3, 0.4) is 0 Å². The van der Waals surface area contributed by atoms with Crippen molar-refractivity contribution in [3.05, 3.63) is 30.1 Å². The fraction of sp³-hybridized carbons (Fsp3) is 0.583. The highest BCUT2D eigenvalue weighted by Gasteiger charge is 1.90. The summed E-state index contributed by atoms with van der Waals surface area (Å²) in [7, 11) is 0. The molecule has 74 valence electrons. The number of hydrogen-bond donors (Lipinski definition) is 0. The van der Waals surface area contributed by atoms with E-state index in [1.807, 2.05) is 32.2 Å². The third-order valence-electron chi connectivity index (χ3n) is 1.76. The van der Waals surface area contributed by atoms with Gasteiger partial charge in [0.2, 0.25) is 0 Å². The summed E-state index contributed by atoms with van der Waals surface area (Å²) < 4.78 is 0. The molecule has 0 atom stereocenters. The zero-order valence-corrected chi connectivity index (χ0v) is 9.09. The van der Waals surface area contributed by atoms with Crippen molar-refractivity contribution >= 4 is 0 Å². The lowest BCUT2D eigenvalue weighted by atomic mass is 10.1. The van der Waals surface area contributed by atoms with Crippen LogP contribution in [0.15, 0.2) is 24.4 Å². The molecule has 0 aliphatic rings. The van der Waals surface area contributed by atoms with Gasteiger partial charge in [-0.2, -0.15) is 0 Å². The van der Waals surface area contributed by atoms with Gasteiger partial charge in [0, 0.05) is 11.9 Å². The molecule has 1 heteroatoms. The lowest BCUT2D eigenvalue weighted by molar-refractivity contribution is 0.707. The molecule has 0 fully saturated rings. The fourth-order valence-electron chi connectivity index (χ4n) is 1.10. The van der Waals surface area contributed by atoms with Crippen molar-refractivity contribution in [1.82, 2.24) is 4.98 Å². The number of unbranched alkanes of at least 4 members (excludes halogenated alkanes) is 2. The summed E-state index contributed by atoms with van der Waals surface area (Å²) in [5, 5.41) is 0. The largest absolute Gasteiger partial charge is 0.261 e. The van der Waals surface area contributed by atoms with Gasteiger partial charge in [-0.15, -0.1) is 0 Å². The molecule has 0 radical (unpaired) electrons. The zero-order valence-electron chi connectivity index (χ0n) is 9.09. The minimum atomic E-state index is 1.13. The molecule has 0 aliphatic carbocycles. The second-order valence-corrected chi connectivity index (χ2v) is 2.78. The highest BCUT2D eigenvalue weighted by molar-refractivity contribution is 5.03. The lowest BCUT2D eigenvalue weighted by Gasteiger charge is -1.97. The van der Waals surface area contributed by atoms with Crippen molar-refractivity contribution in [1.29, 1.82) is 0 Å². The monoisotopic (exact) mass is 179 g/mol. The van der Waals surface area contributed by atoms with Gasteiger partial charge in [-0.05, 0) is 25.0 Å². The second kappa shape index (κ2) is 9.24. The van der Waals surface area contributed by atoms with Crippen LogP contribution in [0.25, 0.3) is 0 Å². The molecule has 1 aromatic rings. The fourth-order valence-corrected chi connectivity index (χ4v) is 1.10. The number of hydrogen-bond acceptors (Lipinski definition) is 1. The normalized spacial score (nSPS) is 8.85. The van der Waals surface area contributed by atoms with Gasteiger partial charge < -0.3 is 0 Å². The molecule has 1 rings (SSSR count). The third-order valence-corrected chi connectivity index (χ3v) is 1.76. The van der Waals surface area contributed by atoms with E-state index in [9.17, 15) is 0 Å². The Labute approximate surface area is 82.2 Å². The maximum absolute atomic E-state index is 4.25. The van der Waals surface area contributed by atoms with Crippen LogP contribution >= 0.6 is 0 Å². The number of nitrogens with zero attached hydrogens (tertiary/aromatic N) is 1. The van der Waals surface area contributed by atoms with Crippen molar-refractivity contribution in [2.75, 3.05) is 0 Å². The van der Waals surface area contributed by atoms with Crippen LogP contribution in [0.2, 0.25) is 0 Å². The minimum absolute atomic E-state index is 1.13. The molecule has 0 bridgehead atoms. The zero-order chi connectivity index (χ0) is 9.94. The predicted molar refractivity (Wildman–Crippen MR) is 58.8 cm³/mol. The molecule has 0 N–H and O–H groups in total. The van der Waals surface area contributed by atoms with Crippen molar-refractivity contribution in [3.8, 4) is 0 Å². The molecule has 1 aromatic heterocycles. The van der Waals surface area contributed by atoms with Crippen molar-refractivity contribution in [2.24, 2.45) is 0 Å². The van der Waals surface area contributed by atoms with Crippen LogP contribution < -0.4 is 0 Å². The second-order valence-electron chi connectivity index (χ2n) is 2.78. The van der Waals surface area contributed by atoms with Gasteiger partial charge >= 0.3 is 0 Å². The van der Waals surface area contributed by atoms with Gasteiger partial charge in [-0.1, -0.05) is 39.7 Å². The molecule has 0 aliphatic heterocycles. The maximum atomic E-state index is 4.25. The summed E-state index contributed by atoms with van der Waals surface area (Å²) in [6, 6.07) is 6.10. The topological polar surface area (TPSA) is 12.9 Å². The Kier molecular flexibility index (Phi) is 8.64. The summed E-state index contributed by atoms with van der Waals surface area (Å²) in [5.41, 5.74) is 1.22. The van der Waals surface area contributed by atoms with Crippen LogP contribution in [-0.4, -0.2) is 4.98 Å². The summed E-state index contributed by atoms with van der Waals surface area (Å²) in [5.74, 6) is 0. The molecule has 0 spiro atoms. The minimum Gasteiger partial charge on any atom is -0.261 e. The summed E-state index contributed by atoms with van der Waals surface area (Å²) >= 11 is 0. The van der Waals surface area contributed by atoms with Crippen LogP contribution in [0.5, 0.6) is 0 Å². The Morgan fingerprint density at radius 3 is 2.46 bits per heavy atom. The van der Waals surface area contributed by atoms with Crippen molar-refractivity contribution < 1.29 is 0 Å². The predicted octanol–water partition coefficient (Wildman–Crippen LogP) is 3.84. The summed E-state index contributed by atoms with van der Waals surface area (Å²) in [6.07, 6.45) is 6.87. The van der Waals surface area contributed by atoms with Gasteiger partial charge in [0.05, 0.1) is 0 Å². The highest BCUT2D eigenvalue weighted by Crippen LogP contribution is 2.02. The van der Waals surface area contributed by atoms with E-state index in [1.165, 1.54) is 25.0 Å². The molecule has 13 heavy (non-hydrogen) atoms. The average Bonchev–Trinajstić information content (AvgIpc) is 2.23. The van der Waals surface area contributed by atoms with Gasteiger partial charge in [0.15, 0.2) is 0 Å². The molecular formula is C12H21N. The van der Waals surface area contributed by atoms with E-state index in [2.05, 4.69) is 18.0 Å². The average molecular weight is 179 g/mol.